The number of carbonyl (C=O) groups excluding carboxylic acids is 1. The van der Waals surface area contributed by atoms with Crippen molar-refractivity contribution in [1.82, 2.24) is 15.2 Å². The molecule has 0 saturated carbocycles. The minimum absolute atomic E-state index is 0.0538. The Labute approximate surface area is 161 Å². The van der Waals surface area contributed by atoms with Gasteiger partial charge in [0, 0.05) is 46.9 Å². The summed E-state index contributed by atoms with van der Waals surface area (Å²) < 4.78 is 55.6. The van der Waals surface area contributed by atoms with Crippen LogP contribution in [0, 0.1) is 0 Å². The third-order valence-corrected chi connectivity index (χ3v) is 4.22. The standard InChI is InChI=1S/C17H25F3N4O4/c1-21-16(25)28-8-7-23-3-5-24(6-4-23)15-14(17(18,19)20)11-13(12-22-15)27-10-9-26-2/h11-12H,3-10H2,1-2H3,(H,21,25). The second kappa shape index (κ2) is 10.3. The molecule has 0 radical (unpaired) electrons. The predicted octanol–water partition coefficient (Wildman–Crippen LogP) is 1.60. The molecule has 1 aromatic heterocycles. The van der Waals surface area contributed by atoms with Crippen molar-refractivity contribution in [1.29, 1.82) is 0 Å². The first-order chi connectivity index (χ1) is 13.3. The van der Waals surface area contributed by atoms with Crippen molar-refractivity contribution in [2.45, 2.75) is 6.18 Å². The number of alkyl halides is 3. The number of methoxy groups -OCH3 is 1. The summed E-state index contributed by atoms with van der Waals surface area (Å²) in [6, 6.07) is 0.974. The normalized spacial score (nSPS) is 15.4. The quantitative estimate of drug-likeness (QED) is 0.658. The van der Waals surface area contributed by atoms with Crippen LogP contribution in [0.25, 0.3) is 0 Å². The summed E-state index contributed by atoms with van der Waals surface area (Å²) in [4.78, 5) is 18.7. The smallest absolute Gasteiger partial charge is 0.420 e. The SMILES string of the molecule is CNC(=O)OCCN1CCN(c2ncc(OCCOC)cc2C(F)(F)F)CC1. The van der Waals surface area contributed by atoms with Crippen LogP contribution in [0.1, 0.15) is 5.56 Å². The number of aromatic nitrogens is 1. The summed E-state index contributed by atoms with van der Waals surface area (Å²) in [7, 11) is 2.95. The molecule has 0 spiro atoms. The number of anilines is 1. The molecule has 0 unspecified atom stereocenters. The highest BCUT2D eigenvalue weighted by Gasteiger charge is 2.37. The lowest BCUT2D eigenvalue weighted by Gasteiger charge is -2.36. The van der Waals surface area contributed by atoms with Crippen LogP contribution in [0.2, 0.25) is 0 Å². The van der Waals surface area contributed by atoms with E-state index in [9.17, 15) is 18.0 Å². The molecule has 11 heteroatoms. The molecular formula is C17H25F3N4O4. The van der Waals surface area contributed by atoms with E-state index in [0.29, 0.717) is 32.7 Å². The fourth-order valence-electron chi connectivity index (χ4n) is 2.74. The number of alkyl carbamates (subject to hydrolysis) is 1. The number of nitrogens with one attached hydrogen (secondary N) is 1. The Kier molecular flexibility index (Phi) is 8.12. The third kappa shape index (κ3) is 6.41. The van der Waals surface area contributed by atoms with Gasteiger partial charge in [0.2, 0.25) is 0 Å². The van der Waals surface area contributed by atoms with Crippen molar-refractivity contribution in [3.05, 3.63) is 17.8 Å². The molecule has 1 aromatic rings. The molecule has 1 saturated heterocycles. The van der Waals surface area contributed by atoms with Crippen LogP contribution in [-0.2, 0) is 15.7 Å². The fourth-order valence-corrected chi connectivity index (χ4v) is 2.74. The highest BCUT2D eigenvalue weighted by Crippen LogP contribution is 2.37. The van der Waals surface area contributed by atoms with Gasteiger partial charge in [0.05, 0.1) is 12.8 Å². The van der Waals surface area contributed by atoms with Gasteiger partial charge in [-0.05, 0) is 6.07 Å². The molecule has 0 aromatic carbocycles. The molecule has 1 N–H and O–H groups in total. The van der Waals surface area contributed by atoms with Crippen LogP contribution < -0.4 is 15.0 Å². The third-order valence-electron chi connectivity index (χ3n) is 4.22. The lowest BCUT2D eigenvalue weighted by Crippen LogP contribution is -2.48. The Bertz CT molecular complexity index is 637. The van der Waals surface area contributed by atoms with Gasteiger partial charge in [0.1, 0.15) is 30.3 Å². The van der Waals surface area contributed by atoms with Gasteiger partial charge < -0.3 is 24.4 Å². The van der Waals surface area contributed by atoms with E-state index < -0.39 is 17.8 Å². The van der Waals surface area contributed by atoms with E-state index in [4.69, 9.17) is 14.2 Å². The molecule has 1 fully saturated rings. The number of amides is 1. The van der Waals surface area contributed by atoms with Crippen LogP contribution in [0.4, 0.5) is 23.8 Å². The summed E-state index contributed by atoms with van der Waals surface area (Å²) in [5, 5.41) is 2.35. The van der Waals surface area contributed by atoms with Gasteiger partial charge in [-0.15, -0.1) is 0 Å². The topological polar surface area (TPSA) is 76.2 Å². The number of pyridine rings is 1. The Morgan fingerprint density at radius 2 is 1.93 bits per heavy atom. The maximum atomic E-state index is 13.5. The number of hydrogen-bond acceptors (Lipinski definition) is 7. The molecule has 1 aliphatic rings. The Morgan fingerprint density at radius 1 is 1.21 bits per heavy atom. The van der Waals surface area contributed by atoms with Gasteiger partial charge in [-0.25, -0.2) is 9.78 Å². The molecule has 2 heterocycles. The summed E-state index contributed by atoms with van der Waals surface area (Å²) in [6.07, 6.45) is -3.75. The van der Waals surface area contributed by atoms with Crippen molar-refractivity contribution in [2.75, 3.05) is 71.6 Å². The second-order valence-electron chi connectivity index (χ2n) is 6.10. The highest BCUT2D eigenvalue weighted by atomic mass is 19.4. The molecule has 0 bridgehead atoms. The largest absolute Gasteiger partial charge is 0.490 e. The van der Waals surface area contributed by atoms with Gasteiger partial charge in [0.25, 0.3) is 0 Å². The zero-order valence-corrected chi connectivity index (χ0v) is 15.9. The molecule has 158 valence electrons. The molecule has 1 aliphatic heterocycles. The van der Waals surface area contributed by atoms with Crippen LogP contribution in [0.5, 0.6) is 5.75 Å². The molecular weight excluding hydrogens is 381 g/mol. The first-order valence-electron chi connectivity index (χ1n) is 8.86. The van der Waals surface area contributed by atoms with Crippen LogP contribution in [-0.4, -0.2) is 82.7 Å². The van der Waals surface area contributed by atoms with Gasteiger partial charge in [-0.3, -0.25) is 4.90 Å². The molecule has 1 amide bonds. The number of carbonyl (C=O) groups is 1. The van der Waals surface area contributed by atoms with Gasteiger partial charge in [-0.2, -0.15) is 13.2 Å². The highest BCUT2D eigenvalue weighted by molar-refractivity contribution is 5.66. The van der Waals surface area contributed by atoms with Crippen molar-refractivity contribution < 1.29 is 32.2 Å². The average molecular weight is 406 g/mol. The van der Waals surface area contributed by atoms with E-state index in [0.717, 1.165) is 6.07 Å². The maximum Gasteiger partial charge on any atom is 0.420 e. The van der Waals surface area contributed by atoms with E-state index in [-0.39, 0.29) is 31.4 Å². The van der Waals surface area contributed by atoms with Crippen LogP contribution in [0.3, 0.4) is 0 Å². The van der Waals surface area contributed by atoms with Crippen molar-refractivity contribution in [3.8, 4) is 5.75 Å². The van der Waals surface area contributed by atoms with E-state index in [1.165, 1.54) is 20.4 Å². The van der Waals surface area contributed by atoms with Gasteiger partial charge in [-0.1, -0.05) is 0 Å². The van der Waals surface area contributed by atoms with Crippen molar-refractivity contribution >= 4 is 11.9 Å². The minimum Gasteiger partial charge on any atom is -0.490 e. The zero-order valence-electron chi connectivity index (χ0n) is 15.9. The molecule has 28 heavy (non-hydrogen) atoms. The van der Waals surface area contributed by atoms with Crippen LogP contribution >= 0.6 is 0 Å². The predicted molar refractivity (Wildman–Crippen MR) is 95.7 cm³/mol. The molecule has 0 aliphatic carbocycles. The Hall–Kier alpha value is -2.27. The number of rotatable bonds is 8. The zero-order chi connectivity index (χ0) is 20.6. The Morgan fingerprint density at radius 3 is 2.54 bits per heavy atom. The minimum atomic E-state index is -4.54. The van der Waals surface area contributed by atoms with Crippen molar-refractivity contribution in [2.24, 2.45) is 0 Å². The fraction of sp³-hybridized carbons (Fsp3) is 0.647. The van der Waals surface area contributed by atoms with E-state index in [2.05, 4.69) is 10.3 Å². The van der Waals surface area contributed by atoms with Gasteiger partial charge in [0.15, 0.2) is 0 Å². The number of nitrogens with zero attached hydrogens (tertiary/aromatic N) is 3. The first-order valence-corrected chi connectivity index (χ1v) is 8.86. The monoisotopic (exact) mass is 406 g/mol. The van der Waals surface area contributed by atoms with E-state index in [1.807, 2.05) is 4.90 Å². The van der Waals surface area contributed by atoms with Crippen LogP contribution in [0.15, 0.2) is 12.3 Å². The lowest BCUT2D eigenvalue weighted by atomic mass is 10.2. The van der Waals surface area contributed by atoms with E-state index >= 15 is 0 Å². The number of hydrogen-bond donors (Lipinski definition) is 1. The lowest BCUT2D eigenvalue weighted by molar-refractivity contribution is -0.137. The molecule has 2 rings (SSSR count). The summed E-state index contributed by atoms with van der Waals surface area (Å²) in [5.41, 5.74) is -0.821. The average Bonchev–Trinajstić information content (AvgIpc) is 2.68. The molecule has 8 nitrogen and oxygen atoms in total. The summed E-state index contributed by atoms with van der Waals surface area (Å²) in [5.74, 6) is -0.0500. The second-order valence-corrected chi connectivity index (χ2v) is 6.10. The first kappa shape index (κ1) is 22.0. The maximum absolute atomic E-state index is 13.5. The summed E-state index contributed by atoms with van der Waals surface area (Å²) in [6.45, 7) is 3.02. The number of halogens is 3. The number of piperazine rings is 1. The van der Waals surface area contributed by atoms with E-state index in [1.54, 1.807) is 4.90 Å². The Balaban J connectivity index is 1.98. The summed E-state index contributed by atoms with van der Waals surface area (Å²) >= 11 is 0. The molecule has 0 atom stereocenters. The van der Waals surface area contributed by atoms with Crippen molar-refractivity contribution in [3.63, 3.8) is 0 Å². The number of ether oxygens (including phenoxy) is 3. The van der Waals surface area contributed by atoms with Gasteiger partial charge >= 0.3 is 12.3 Å².